The zero-order chi connectivity index (χ0) is 9.50. The number of halogens is 2. The Balaban J connectivity index is 4.75. The zero-order valence-corrected chi connectivity index (χ0v) is 10.8. The molecule has 0 amide bonds. The first-order valence-corrected chi connectivity index (χ1v) is 8.13. The highest BCUT2D eigenvalue weighted by Crippen LogP contribution is 2.46. The molecule has 0 unspecified atom stereocenters. The second kappa shape index (κ2) is 2.93. The molecule has 0 fully saturated rings. The summed E-state index contributed by atoms with van der Waals surface area (Å²) in [6.45, 7) is 12.8. The van der Waals surface area contributed by atoms with Crippen LogP contribution in [0, 0.1) is 5.41 Å². The van der Waals surface area contributed by atoms with E-state index in [4.69, 9.17) is 23.2 Å². The average Bonchev–Trinajstić information content (AvgIpc) is 1.58. The van der Waals surface area contributed by atoms with Crippen molar-refractivity contribution < 1.29 is 0 Å². The first-order valence-electron chi connectivity index (χ1n) is 3.88. The Morgan fingerprint density at radius 2 is 1.18 bits per heavy atom. The maximum atomic E-state index is 6.32. The van der Waals surface area contributed by atoms with Crippen LogP contribution in [0.3, 0.4) is 0 Å². The van der Waals surface area contributed by atoms with Crippen LogP contribution >= 0.6 is 23.2 Å². The first kappa shape index (κ1) is 11.8. The van der Waals surface area contributed by atoms with Gasteiger partial charge in [0, 0.05) is 0 Å². The SMILES string of the molecule is CC(C)(C)C(Cl)(Cl)[Si](C)(C)C. The van der Waals surface area contributed by atoms with Crippen LogP contribution in [0.4, 0.5) is 0 Å². The Morgan fingerprint density at radius 3 is 1.18 bits per heavy atom. The maximum Gasteiger partial charge on any atom is 0.111 e. The third kappa shape index (κ3) is 2.36. The van der Waals surface area contributed by atoms with Gasteiger partial charge in [0.25, 0.3) is 0 Å². The monoisotopic (exact) mass is 212 g/mol. The number of alkyl halides is 2. The molecule has 0 aromatic carbocycles. The number of rotatable bonds is 1. The second-order valence-corrected chi connectivity index (χ2v) is 12.3. The largest absolute Gasteiger partial charge is 0.111 e. The summed E-state index contributed by atoms with van der Waals surface area (Å²) < 4.78 is -0.542. The molecule has 0 aromatic heterocycles. The van der Waals surface area contributed by atoms with E-state index in [9.17, 15) is 0 Å². The normalized spacial score (nSPS) is 15.3. The molecule has 0 nitrogen and oxygen atoms in total. The van der Waals surface area contributed by atoms with Gasteiger partial charge < -0.3 is 0 Å². The summed E-state index contributed by atoms with van der Waals surface area (Å²) in [7, 11) is -1.49. The Bertz CT molecular complexity index is 123. The lowest BCUT2D eigenvalue weighted by Gasteiger charge is -2.42. The molecule has 0 aromatic rings. The maximum absolute atomic E-state index is 6.32. The Kier molecular flexibility index (Phi) is 3.15. The van der Waals surface area contributed by atoms with Crippen LogP contribution in [0.1, 0.15) is 20.8 Å². The fraction of sp³-hybridized carbons (Fsp3) is 1.00. The summed E-state index contributed by atoms with van der Waals surface area (Å²) in [6.07, 6.45) is 0. The molecule has 0 saturated heterocycles. The number of hydrogen-bond donors (Lipinski definition) is 0. The van der Waals surface area contributed by atoms with Crippen molar-refractivity contribution in [3.8, 4) is 0 Å². The van der Waals surface area contributed by atoms with Crippen molar-refractivity contribution >= 4 is 31.3 Å². The molecular formula is C8H18Cl2Si. The average molecular weight is 213 g/mol. The van der Waals surface area contributed by atoms with Crippen LogP contribution in [0.5, 0.6) is 0 Å². The highest BCUT2D eigenvalue weighted by molar-refractivity contribution is 6.94. The smallest absolute Gasteiger partial charge is 0.105 e. The van der Waals surface area contributed by atoms with Gasteiger partial charge in [0.2, 0.25) is 0 Å². The van der Waals surface area contributed by atoms with Crippen molar-refractivity contribution in [2.24, 2.45) is 5.41 Å². The van der Waals surface area contributed by atoms with Crippen LogP contribution in [0.25, 0.3) is 0 Å². The summed E-state index contributed by atoms with van der Waals surface area (Å²) in [5.41, 5.74) is -0.0272. The summed E-state index contributed by atoms with van der Waals surface area (Å²) in [6, 6.07) is 0. The van der Waals surface area contributed by atoms with Crippen molar-refractivity contribution in [1.29, 1.82) is 0 Å². The van der Waals surface area contributed by atoms with E-state index in [2.05, 4.69) is 40.4 Å². The quantitative estimate of drug-likeness (QED) is 0.454. The van der Waals surface area contributed by atoms with E-state index in [1.807, 2.05) is 0 Å². The Morgan fingerprint density at radius 1 is 0.909 bits per heavy atom. The molecule has 0 aliphatic carbocycles. The topological polar surface area (TPSA) is 0 Å². The van der Waals surface area contributed by atoms with Crippen LogP contribution in [-0.4, -0.2) is 12.0 Å². The molecule has 0 rings (SSSR count). The molecule has 11 heavy (non-hydrogen) atoms. The van der Waals surface area contributed by atoms with Crippen LogP contribution in [-0.2, 0) is 0 Å². The summed E-state index contributed by atoms with van der Waals surface area (Å²) in [5, 5.41) is 0. The zero-order valence-electron chi connectivity index (χ0n) is 8.26. The van der Waals surface area contributed by atoms with Crippen molar-refractivity contribution in [1.82, 2.24) is 0 Å². The van der Waals surface area contributed by atoms with Gasteiger partial charge in [0.05, 0.1) is 8.07 Å². The van der Waals surface area contributed by atoms with E-state index in [-0.39, 0.29) is 5.41 Å². The molecule has 0 heterocycles. The standard InChI is InChI=1S/C8H18Cl2Si/c1-7(2,3)8(9,10)11(4,5)6/h1-6H3. The summed E-state index contributed by atoms with van der Waals surface area (Å²) in [5.74, 6) is 0. The van der Waals surface area contributed by atoms with Crippen molar-refractivity contribution in [3.63, 3.8) is 0 Å². The van der Waals surface area contributed by atoms with Crippen molar-refractivity contribution in [2.75, 3.05) is 0 Å². The molecule has 3 heteroatoms. The van der Waals surface area contributed by atoms with Gasteiger partial charge in [-0.2, -0.15) is 0 Å². The minimum Gasteiger partial charge on any atom is -0.105 e. The molecule has 0 aliphatic heterocycles. The van der Waals surface area contributed by atoms with Gasteiger partial charge in [-0.3, -0.25) is 0 Å². The van der Waals surface area contributed by atoms with Gasteiger partial charge >= 0.3 is 0 Å². The lowest BCUT2D eigenvalue weighted by molar-refractivity contribution is 0.413. The van der Waals surface area contributed by atoms with E-state index >= 15 is 0 Å². The summed E-state index contributed by atoms with van der Waals surface area (Å²) >= 11 is 12.6. The Hall–Kier alpha value is 0.797. The molecule has 0 N–H and O–H groups in total. The molecule has 0 radical (unpaired) electrons. The highest BCUT2D eigenvalue weighted by Gasteiger charge is 2.48. The second-order valence-electron chi connectivity index (χ2n) is 5.07. The third-order valence-electron chi connectivity index (χ3n) is 1.88. The molecule has 0 aliphatic rings. The Labute approximate surface area is 81.3 Å². The van der Waals surface area contributed by atoms with Crippen molar-refractivity contribution in [2.45, 2.75) is 44.4 Å². The lowest BCUT2D eigenvalue weighted by Crippen LogP contribution is -2.51. The minimum absolute atomic E-state index is 0.0272. The van der Waals surface area contributed by atoms with Crippen LogP contribution < -0.4 is 0 Å². The molecule has 0 spiro atoms. The molecule has 0 bridgehead atoms. The molecule has 68 valence electrons. The van der Waals surface area contributed by atoms with Gasteiger partial charge in [0.1, 0.15) is 3.96 Å². The van der Waals surface area contributed by atoms with E-state index in [1.54, 1.807) is 0 Å². The van der Waals surface area contributed by atoms with Crippen LogP contribution in [0.2, 0.25) is 19.6 Å². The highest BCUT2D eigenvalue weighted by atomic mass is 35.5. The van der Waals surface area contributed by atoms with Gasteiger partial charge in [-0.1, -0.05) is 40.4 Å². The van der Waals surface area contributed by atoms with Gasteiger partial charge in [-0.25, -0.2) is 0 Å². The van der Waals surface area contributed by atoms with Gasteiger partial charge in [0.15, 0.2) is 0 Å². The predicted octanol–water partition coefficient (Wildman–Crippen LogP) is 4.08. The van der Waals surface area contributed by atoms with E-state index in [0.717, 1.165) is 0 Å². The summed E-state index contributed by atoms with van der Waals surface area (Å²) in [4.78, 5) is 0. The fourth-order valence-corrected chi connectivity index (χ4v) is 3.38. The van der Waals surface area contributed by atoms with E-state index < -0.39 is 12.0 Å². The predicted molar refractivity (Wildman–Crippen MR) is 57.2 cm³/mol. The minimum atomic E-state index is -1.49. The van der Waals surface area contributed by atoms with Crippen molar-refractivity contribution in [3.05, 3.63) is 0 Å². The lowest BCUT2D eigenvalue weighted by atomic mass is 9.99. The third-order valence-corrected chi connectivity index (χ3v) is 9.05. The molecular weight excluding hydrogens is 195 g/mol. The molecule has 0 saturated carbocycles. The van der Waals surface area contributed by atoms with E-state index in [1.165, 1.54) is 0 Å². The number of hydrogen-bond acceptors (Lipinski definition) is 0. The van der Waals surface area contributed by atoms with Gasteiger partial charge in [-0.05, 0) is 5.41 Å². The fourth-order valence-electron chi connectivity index (χ4n) is 1.12. The molecule has 0 atom stereocenters. The van der Waals surface area contributed by atoms with E-state index in [0.29, 0.717) is 0 Å². The van der Waals surface area contributed by atoms with Crippen LogP contribution in [0.15, 0.2) is 0 Å². The first-order chi connectivity index (χ1) is 4.50. The van der Waals surface area contributed by atoms with Gasteiger partial charge in [-0.15, -0.1) is 23.2 Å².